The van der Waals surface area contributed by atoms with Crippen molar-refractivity contribution < 1.29 is 18.7 Å². The number of hydrogen-bond donors (Lipinski definition) is 2. The number of amides is 2. The van der Waals surface area contributed by atoms with Crippen LogP contribution in [0.3, 0.4) is 0 Å². The molecule has 0 aliphatic heterocycles. The molecular weight excluding hydrogens is 418 g/mol. The molecule has 0 saturated heterocycles. The first kappa shape index (κ1) is 21.8. The SMILES string of the molecule is Cc1ccc(Oc2ccc(NC(=O)C(Cc3ccccc3)NC(=O)c3ccco3)cc2)nc1. The van der Waals surface area contributed by atoms with Crippen LogP contribution in [0.15, 0.2) is 95.7 Å². The van der Waals surface area contributed by atoms with E-state index in [1.54, 1.807) is 48.7 Å². The number of carbonyl (C=O) groups is 2. The van der Waals surface area contributed by atoms with Crippen molar-refractivity contribution in [3.8, 4) is 11.6 Å². The van der Waals surface area contributed by atoms with Crippen molar-refractivity contribution in [2.45, 2.75) is 19.4 Å². The average molecular weight is 441 g/mol. The van der Waals surface area contributed by atoms with E-state index in [4.69, 9.17) is 9.15 Å². The molecule has 2 aromatic carbocycles. The monoisotopic (exact) mass is 441 g/mol. The zero-order valence-electron chi connectivity index (χ0n) is 18.0. The highest BCUT2D eigenvalue weighted by molar-refractivity contribution is 6.00. The number of anilines is 1. The molecule has 7 heteroatoms. The van der Waals surface area contributed by atoms with Crippen molar-refractivity contribution in [2.24, 2.45) is 0 Å². The van der Waals surface area contributed by atoms with Crippen LogP contribution < -0.4 is 15.4 Å². The second-order valence-electron chi connectivity index (χ2n) is 7.48. The molecule has 0 fully saturated rings. The van der Waals surface area contributed by atoms with E-state index in [1.807, 2.05) is 43.3 Å². The van der Waals surface area contributed by atoms with Crippen LogP contribution in [0.1, 0.15) is 21.7 Å². The summed E-state index contributed by atoms with van der Waals surface area (Å²) in [5, 5.41) is 5.61. The van der Waals surface area contributed by atoms with Crippen molar-refractivity contribution in [3.63, 3.8) is 0 Å². The lowest BCUT2D eigenvalue weighted by Gasteiger charge is -2.18. The van der Waals surface area contributed by atoms with Gasteiger partial charge in [0.2, 0.25) is 11.8 Å². The highest BCUT2D eigenvalue weighted by atomic mass is 16.5. The number of aromatic nitrogens is 1. The maximum absolute atomic E-state index is 13.0. The third kappa shape index (κ3) is 6.07. The molecule has 1 unspecified atom stereocenters. The number of furan rings is 1. The summed E-state index contributed by atoms with van der Waals surface area (Å²) in [6.07, 6.45) is 3.48. The average Bonchev–Trinajstić information content (AvgIpc) is 3.37. The molecule has 0 aliphatic rings. The summed E-state index contributed by atoms with van der Waals surface area (Å²) in [7, 11) is 0. The Bertz CT molecular complexity index is 1190. The fraction of sp³-hybridized carbons (Fsp3) is 0.115. The Morgan fingerprint density at radius 2 is 1.76 bits per heavy atom. The van der Waals surface area contributed by atoms with Crippen LogP contribution in [-0.4, -0.2) is 22.8 Å². The van der Waals surface area contributed by atoms with Gasteiger partial charge in [-0.2, -0.15) is 0 Å². The molecule has 4 rings (SSSR count). The van der Waals surface area contributed by atoms with E-state index in [-0.39, 0.29) is 11.7 Å². The van der Waals surface area contributed by atoms with Crippen molar-refractivity contribution in [2.75, 3.05) is 5.32 Å². The number of benzene rings is 2. The number of aryl methyl sites for hydroxylation is 1. The molecule has 1 atom stereocenters. The molecule has 2 heterocycles. The molecule has 33 heavy (non-hydrogen) atoms. The fourth-order valence-corrected chi connectivity index (χ4v) is 3.17. The minimum atomic E-state index is -0.794. The minimum absolute atomic E-state index is 0.145. The number of ether oxygens (including phenoxy) is 1. The Morgan fingerprint density at radius 1 is 0.970 bits per heavy atom. The Balaban J connectivity index is 1.43. The number of rotatable bonds is 8. The highest BCUT2D eigenvalue weighted by Gasteiger charge is 2.23. The van der Waals surface area contributed by atoms with E-state index in [1.165, 1.54) is 6.26 Å². The third-order valence-corrected chi connectivity index (χ3v) is 4.88. The maximum atomic E-state index is 13.0. The Morgan fingerprint density at radius 3 is 2.42 bits per heavy atom. The zero-order valence-corrected chi connectivity index (χ0v) is 18.0. The van der Waals surface area contributed by atoms with Crippen LogP contribution in [0.2, 0.25) is 0 Å². The smallest absolute Gasteiger partial charge is 0.287 e. The normalized spacial score (nSPS) is 11.4. The van der Waals surface area contributed by atoms with Crippen molar-refractivity contribution >= 4 is 17.5 Å². The topological polar surface area (TPSA) is 93.5 Å². The van der Waals surface area contributed by atoms with Crippen LogP contribution in [0.5, 0.6) is 11.6 Å². The summed E-state index contributed by atoms with van der Waals surface area (Å²) in [6, 6.07) is 22.5. The van der Waals surface area contributed by atoms with Crippen LogP contribution in [-0.2, 0) is 11.2 Å². The van der Waals surface area contributed by atoms with E-state index >= 15 is 0 Å². The minimum Gasteiger partial charge on any atom is -0.459 e. The van der Waals surface area contributed by atoms with Gasteiger partial charge >= 0.3 is 0 Å². The lowest BCUT2D eigenvalue weighted by Crippen LogP contribution is -2.45. The van der Waals surface area contributed by atoms with Crippen LogP contribution >= 0.6 is 0 Å². The summed E-state index contributed by atoms with van der Waals surface area (Å²) in [5.74, 6) is 0.433. The van der Waals surface area contributed by atoms with Gasteiger partial charge in [0.1, 0.15) is 11.8 Å². The van der Waals surface area contributed by atoms with Gasteiger partial charge < -0.3 is 19.8 Å². The predicted molar refractivity (Wildman–Crippen MR) is 124 cm³/mol. The molecular formula is C26H23N3O4. The third-order valence-electron chi connectivity index (χ3n) is 4.88. The first-order valence-corrected chi connectivity index (χ1v) is 10.5. The van der Waals surface area contributed by atoms with Gasteiger partial charge in [-0.15, -0.1) is 0 Å². The largest absolute Gasteiger partial charge is 0.459 e. The lowest BCUT2D eigenvalue weighted by atomic mass is 10.0. The zero-order chi connectivity index (χ0) is 23.0. The molecule has 0 saturated carbocycles. The molecule has 4 aromatic rings. The first-order chi connectivity index (χ1) is 16.1. The Hall–Kier alpha value is -4.39. The standard InChI is InChI=1S/C26H23N3O4/c1-18-9-14-24(27-17-18)33-21-12-10-20(11-13-21)28-25(30)22(16-19-6-3-2-4-7-19)29-26(31)23-8-5-15-32-23/h2-15,17,22H,16H2,1H3,(H,28,30)(H,29,31). The number of carbonyl (C=O) groups excluding carboxylic acids is 2. The fourth-order valence-electron chi connectivity index (χ4n) is 3.17. The molecule has 2 aromatic heterocycles. The molecule has 0 spiro atoms. The van der Waals surface area contributed by atoms with Crippen LogP contribution in [0, 0.1) is 6.92 Å². The van der Waals surface area contributed by atoms with Crippen LogP contribution in [0.25, 0.3) is 0 Å². The van der Waals surface area contributed by atoms with Crippen molar-refractivity contribution in [3.05, 3.63) is 108 Å². The number of hydrogen-bond acceptors (Lipinski definition) is 5. The van der Waals surface area contributed by atoms with E-state index in [0.29, 0.717) is 23.7 Å². The number of nitrogens with zero attached hydrogens (tertiary/aromatic N) is 1. The quantitative estimate of drug-likeness (QED) is 0.411. The number of nitrogens with one attached hydrogen (secondary N) is 2. The Kier molecular flexibility index (Phi) is 6.80. The van der Waals surface area contributed by atoms with Crippen molar-refractivity contribution in [1.29, 1.82) is 0 Å². The van der Waals surface area contributed by atoms with E-state index in [9.17, 15) is 9.59 Å². The van der Waals surface area contributed by atoms with Gasteiger partial charge in [-0.1, -0.05) is 36.4 Å². The van der Waals surface area contributed by atoms with Crippen LogP contribution in [0.4, 0.5) is 5.69 Å². The van der Waals surface area contributed by atoms with Gasteiger partial charge in [0.05, 0.1) is 6.26 Å². The summed E-state index contributed by atoms with van der Waals surface area (Å²) >= 11 is 0. The van der Waals surface area contributed by atoms with Gasteiger partial charge in [-0.3, -0.25) is 9.59 Å². The van der Waals surface area contributed by atoms with Gasteiger partial charge in [0, 0.05) is 24.4 Å². The second kappa shape index (κ2) is 10.3. The maximum Gasteiger partial charge on any atom is 0.287 e. The van der Waals surface area contributed by atoms with Gasteiger partial charge in [0.25, 0.3) is 5.91 Å². The summed E-state index contributed by atoms with van der Waals surface area (Å²) in [4.78, 5) is 29.7. The molecule has 2 N–H and O–H groups in total. The molecule has 166 valence electrons. The van der Waals surface area contributed by atoms with Gasteiger partial charge in [-0.05, 0) is 54.4 Å². The molecule has 0 radical (unpaired) electrons. The summed E-state index contributed by atoms with van der Waals surface area (Å²) in [5.41, 5.74) is 2.55. The number of pyridine rings is 1. The van der Waals surface area contributed by atoms with E-state index < -0.39 is 11.9 Å². The summed E-state index contributed by atoms with van der Waals surface area (Å²) < 4.78 is 10.9. The second-order valence-corrected chi connectivity index (χ2v) is 7.48. The molecule has 2 amide bonds. The predicted octanol–water partition coefficient (Wildman–Crippen LogP) is 4.76. The van der Waals surface area contributed by atoms with E-state index in [0.717, 1.165) is 11.1 Å². The molecule has 0 aliphatic carbocycles. The lowest BCUT2D eigenvalue weighted by molar-refractivity contribution is -0.118. The highest BCUT2D eigenvalue weighted by Crippen LogP contribution is 2.22. The van der Waals surface area contributed by atoms with Gasteiger partial charge in [0.15, 0.2) is 5.76 Å². The van der Waals surface area contributed by atoms with Gasteiger partial charge in [-0.25, -0.2) is 4.98 Å². The Labute approximate surface area is 191 Å². The molecule has 0 bridgehead atoms. The van der Waals surface area contributed by atoms with E-state index in [2.05, 4.69) is 15.6 Å². The van der Waals surface area contributed by atoms with Crippen molar-refractivity contribution in [1.82, 2.24) is 10.3 Å². The summed E-state index contributed by atoms with van der Waals surface area (Å²) in [6.45, 7) is 1.95. The first-order valence-electron chi connectivity index (χ1n) is 10.5. The molecule has 7 nitrogen and oxygen atoms in total.